The van der Waals surface area contributed by atoms with Crippen LogP contribution >= 0.6 is 0 Å². The van der Waals surface area contributed by atoms with Gasteiger partial charge in [-0.3, -0.25) is 14.2 Å². The van der Waals surface area contributed by atoms with Crippen molar-refractivity contribution in [3.8, 4) is 5.82 Å². The summed E-state index contributed by atoms with van der Waals surface area (Å²) in [5.74, 6) is -0.853. The Balaban J connectivity index is 1.90. The van der Waals surface area contributed by atoms with Gasteiger partial charge in [-0.05, 0) is 6.07 Å². The van der Waals surface area contributed by atoms with Crippen LogP contribution in [-0.4, -0.2) is 55.1 Å². The Morgan fingerprint density at radius 3 is 2.64 bits per heavy atom. The first-order valence-corrected chi connectivity index (χ1v) is 7.36. The molecule has 0 bridgehead atoms. The molecule has 11 nitrogen and oxygen atoms in total. The molecule has 0 aromatic carbocycles. The summed E-state index contributed by atoms with van der Waals surface area (Å²) in [6, 6.07) is 1.53. The molecule has 0 N–H and O–H groups in total. The van der Waals surface area contributed by atoms with Crippen LogP contribution in [0.4, 0.5) is 0 Å². The van der Waals surface area contributed by atoms with E-state index in [0.717, 1.165) is 4.57 Å². The molecule has 1 fully saturated rings. The Morgan fingerprint density at radius 1 is 1.28 bits per heavy atom. The molecule has 2 aromatic heterocycles. The summed E-state index contributed by atoms with van der Waals surface area (Å²) in [7, 11) is 0. The SMILES string of the molecule is CC(=O)O[C@@H]1COC(n2ccc(-n3cncn3)nc2=O)[C@@H]1OC(C)=O. The Morgan fingerprint density at radius 2 is 2.04 bits per heavy atom. The highest BCUT2D eigenvalue weighted by molar-refractivity contribution is 5.67. The number of esters is 2. The average molecular weight is 349 g/mol. The molecule has 1 saturated heterocycles. The zero-order valence-electron chi connectivity index (χ0n) is 13.4. The summed E-state index contributed by atoms with van der Waals surface area (Å²) >= 11 is 0. The molecule has 1 aliphatic rings. The molecule has 25 heavy (non-hydrogen) atoms. The molecule has 0 saturated carbocycles. The standard InChI is InChI=1S/C14H15N5O6/c1-8(20)24-10-5-23-13(12(10)25-9(2)21)18-4-3-11(17-14(18)22)19-7-15-6-16-19/h3-4,6-7,10,12-13H,5H2,1-2H3/t10-,12-,13?/m1/s1. The van der Waals surface area contributed by atoms with Crippen LogP contribution in [0.25, 0.3) is 5.82 Å². The van der Waals surface area contributed by atoms with Crippen molar-refractivity contribution < 1.29 is 23.8 Å². The second-order valence-electron chi connectivity index (χ2n) is 5.26. The minimum atomic E-state index is -0.960. The van der Waals surface area contributed by atoms with Crippen molar-refractivity contribution >= 4 is 11.9 Å². The molecule has 1 aliphatic heterocycles. The average Bonchev–Trinajstić information content (AvgIpc) is 3.18. The molecule has 3 atom stereocenters. The van der Waals surface area contributed by atoms with Crippen molar-refractivity contribution in [2.24, 2.45) is 0 Å². The van der Waals surface area contributed by atoms with Crippen LogP contribution < -0.4 is 5.69 Å². The van der Waals surface area contributed by atoms with Crippen molar-refractivity contribution in [1.82, 2.24) is 24.3 Å². The Labute approximate surface area is 141 Å². The van der Waals surface area contributed by atoms with Crippen LogP contribution in [-0.2, 0) is 23.8 Å². The Bertz CT molecular complexity index is 832. The third-order valence-electron chi connectivity index (χ3n) is 3.44. The smallest absolute Gasteiger partial charge is 0.351 e. The lowest BCUT2D eigenvalue weighted by molar-refractivity contribution is -0.165. The molecule has 11 heteroatoms. The minimum Gasteiger partial charge on any atom is -0.456 e. The number of hydrogen-bond donors (Lipinski definition) is 0. The van der Waals surface area contributed by atoms with Crippen LogP contribution in [0.2, 0.25) is 0 Å². The van der Waals surface area contributed by atoms with E-state index in [1.165, 1.54) is 43.4 Å². The van der Waals surface area contributed by atoms with Gasteiger partial charge in [0.2, 0.25) is 0 Å². The lowest BCUT2D eigenvalue weighted by atomic mass is 10.2. The first-order chi connectivity index (χ1) is 12.0. The molecule has 1 unspecified atom stereocenters. The second kappa shape index (κ2) is 6.81. The molecule has 0 radical (unpaired) electrons. The van der Waals surface area contributed by atoms with Gasteiger partial charge in [0.25, 0.3) is 0 Å². The molecule has 0 amide bonds. The summed E-state index contributed by atoms with van der Waals surface area (Å²) in [6.07, 6.45) is 1.41. The number of ether oxygens (including phenoxy) is 3. The van der Waals surface area contributed by atoms with Crippen LogP contribution in [0.3, 0.4) is 0 Å². The van der Waals surface area contributed by atoms with E-state index in [1.807, 2.05) is 0 Å². The molecule has 2 aromatic rings. The van der Waals surface area contributed by atoms with Gasteiger partial charge in [-0.15, -0.1) is 0 Å². The quantitative estimate of drug-likeness (QED) is 0.653. The van der Waals surface area contributed by atoms with Gasteiger partial charge in [-0.2, -0.15) is 10.1 Å². The monoisotopic (exact) mass is 349 g/mol. The fourth-order valence-electron chi connectivity index (χ4n) is 2.50. The van der Waals surface area contributed by atoms with Gasteiger partial charge < -0.3 is 14.2 Å². The molecular weight excluding hydrogens is 334 g/mol. The number of carbonyl (C=O) groups is 2. The molecular formula is C14H15N5O6. The highest BCUT2D eigenvalue weighted by Gasteiger charge is 2.43. The molecule has 0 spiro atoms. The van der Waals surface area contributed by atoms with Crippen molar-refractivity contribution in [3.05, 3.63) is 35.4 Å². The van der Waals surface area contributed by atoms with Gasteiger partial charge in [0.1, 0.15) is 12.7 Å². The molecule has 132 valence electrons. The van der Waals surface area contributed by atoms with Crippen molar-refractivity contribution in [1.29, 1.82) is 0 Å². The van der Waals surface area contributed by atoms with Gasteiger partial charge >= 0.3 is 17.6 Å². The summed E-state index contributed by atoms with van der Waals surface area (Å²) in [5, 5.41) is 3.89. The van der Waals surface area contributed by atoms with Crippen molar-refractivity contribution in [3.63, 3.8) is 0 Å². The van der Waals surface area contributed by atoms with Crippen LogP contribution in [0.1, 0.15) is 20.1 Å². The van der Waals surface area contributed by atoms with Crippen molar-refractivity contribution in [2.45, 2.75) is 32.3 Å². The first kappa shape index (κ1) is 16.8. The number of carbonyl (C=O) groups excluding carboxylic acids is 2. The maximum atomic E-state index is 12.3. The zero-order valence-corrected chi connectivity index (χ0v) is 13.4. The van der Waals surface area contributed by atoms with Gasteiger partial charge in [-0.25, -0.2) is 14.5 Å². The van der Waals surface area contributed by atoms with E-state index >= 15 is 0 Å². The predicted octanol–water partition coefficient (Wildman–Crippen LogP) is -0.784. The number of aromatic nitrogens is 5. The minimum absolute atomic E-state index is 0.0144. The number of hydrogen-bond acceptors (Lipinski definition) is 9. The number of nitrogens with zero attached hydrogens (tertiary/aromatic N) is 5. The lowest BCUT2D eigenvalue weighted by Crippen LogP contribution is -2.39. The molecule has 3 rings (SSSR count). The highest BCUT2D eigenvalue weighted by atomic mass is 16.6. The highest BCUT2D eigenvalue weighted by Crippen LogP contribution is 2.28. The maximum Gasteiger partial charge on any atom is 0.351 e. The van der Waals surface area contributed by atoms with Crippen LogP contribution in [0.5, 0.6) is 0 Å². The normalized spacial score (nSPS) is 22.6. The zero-order chi connectivity index (χ0) is 18.0. The summed E-state index contributed by atoms with van der Waals surface area (Å²) in [5.41, 5.74) is -0.640. The lowest BCUT2D eigenvalue weighted by Gasteiger charge is -2.23. The van der Waals surface area contributed by atoms with Crippen LogP contribution in [0, 0.1) is 0 Å². The fourth-order valence-corrected chi connectivity index (χ4v) is 2.50. The molecule has 3 heterocycles. The van der Waals surface area contributed by atoms with E-state index in [0.29, 0.717) is 0 Å². The Hall–Kier alpha value is -3.08. The van der Waals surface area contributed by atoms with E-state index in [2.05, 4.69) is 15.1 Å². The number of rotatable bonds is 4. The molecule has 0 aliphatic carbocycles. The van der Waals surface area contributed by atoms with E-state index in [9.17, 15) is 14.4 Å². The van der Waals surface area contributed by atoms with E-state index < -0.39 is 36.1 Å². The third-order valence-corrected chi connectivity index (χ3v) is 3.44. The van der Waals surface area contributed by atoms with Crippen LogP contribution in [0.15, 0.2) is 29.7 Å². The predicted molar refractivity (Wildman–Crippen MR) is 79.5 cm³/mol. The Kier molecular flexibility index (Phi) is 4.57. The van der Waals surface area contributed by atoms with Gasteiger partial charge in [-0.1, -0.05) is 0 Å². The first-order valence-electron chi connectivity index (χ1n) is 7.36. The van der Waals surface area contributed by atoms with Gasteiger partial charge in [0.15, 0.2) is 24.3 Å². The summed E-state index contributed by atoms with van der Waals surface area (Å²) in [4.78, 5) is 42.6. The third kappa shape index (κ3) is 3.55. The summed E-state index contributed by atoms with van der Waals surface area (Å²) in [6.45, 7) is 2.44. The fraction of sp³-hybridized carbons (Fsp3) is 0.429. The second-order valence-corrected chi connectivity index (χ2v) is 5.26. The maximum absolute atomic E-state index is 12.3. The van der Waals surface area contributed by atoms with Gasteiger partial charge in [0, 0.05) is 20.0 Å². The van der Waals surface area contributed by atoms with Gasteiger partial charge in [0.05, 0.1) is 6.61 Å². The van der Waals surface area contributed by atoms with E-state index in [1.54, 1.807) is 0 Å². The van der Waals surface area contributed by atoms with Crippen molar-refractivity contribution in [2.75, 3.05) is 6.61 Å². The summed E-state index contributed by atoms with van der Waals surface area (Å²) < 4.78 is 18.3. The van der Waals surface area contributed by atoms with E-state index in [4.69, 9.17) is 14.2 Å². The van der Waals surface area contributed by atoms with E-state index in [-0.39, 0.29) is 12.4 Å². The largest absolute Gasteiger partial charge is 0.456 e. The topological polar surface area (TPSA) is 127 Å².